The first-order valence-electron chi connectivity index (χ1n) is 9.58. The van der Waals surface area contributed by atoms with E-state index in [1.807, 2.05) is 0 Å². The molecule has 0 fully saturated rings. The van der Waals surface area contributed by atoms with Crippen LogP contribution in [0.1, 0.15) is 55.4 Å². The van der Waals surface area contributed by atoms with Crippen LogP contribution in [-0.4, -0.2) is 68.4 Å². The maximum absolute atomic E-state index is 4.56. The van der Waals surface area contributed by atoms with Crippen molar-refractivity contribution in [2.45, 2.75) is 55.4 Å². The van der Waals surface area contributed by atoms with E-state index in [0.717, 1.165) is 0 Å². The van der Waals surface area contributed by atoms with Gasteiger partial charge in [-0.3, -0.25) is 0 Å². The molecule has 0 atom stereocenters. The Labute approximate surface area is 194 Å². The Balaban J connectivity index is -0.000000306. The maximum atomic E-state index is 4.56. The molecule has 2 nitrogen and oxygen atoms in total. The highest BCUT2D eigenvalue weighted by Gasteiger charge is 2.16. The van der Waals surface area contributed by atoms with Gasteiger partial charge in [0.1, 0.15) is 0 Å². The van der Waals surface area contributed by atoms with Gasteiger partial charge in [0.2, 0.25) is 0 Å². The van der Waals surface area contributed by atoms with Crippen molar-refractivity contribution in [1.82, 2.24) is 0 Å². The second-order valence-corrected chi connectivity index (χ2v) is 11.2. The van der Waals surface area contributed by atoms with Crippen LogP contribution < -0.4 is 0 Å². The molecule has 0 saturated heterocycles. The first-order chi connectivity index (χ1) is 12.1. The Morgan fingerprint density at radius 3 is 0.731 bits per heavy atom. The van der Waals surface area contributed by atoms with Gasteiger partial charge >= 0.3 is 0 Å². The monoisotopic (exact) mass is 476 g/mol. The molecule has 0 bridgehead atoms. The van der Waals surface area contributed by atoms with Crippen LogP contribution in [0.4, 0.5) is 0 Å². The molecule has 0 rings (SSSR count). The van der Waals surface area contributed by atoms with Crippen molar-refractivity contribution in [2.24, 2.45) is 0 Å². The molecule has 0 heterocycles. The lowest BCUT2D eigenvalue weighted by molar-refractivity contribution is -0.921. The number of rotatable bonds is 8. The molecule has 0 saturated carbocycles. The summed E-state index contributed by atoms with van der Waals surface area (Å²) < 4.78 is 3.45. The van der Waals surface area contributed by atoms with Crippen LogP contribution in [0.2, 0.25) is 0 Å². The van der Waals surface area contributed by atoms with Crippen LogP contribution in [0.25, 0.3) is 0 Å². The van der Waals surface area contributed by atoms with Crippen molar-refractivity contribution in [3.63, 3.8) is 0 Å². The molecule has 0 aromatic heterocycles. The number of hydrogen-bond donors (Lipinski definition) is 0. The van der Waals surface area contributed by atoms with Crippen molar-refractivity contribution in [2.75, 3.05) is 52.4 Å². The van der Waals surface area contributed by atoms with E-state index in [2.05, 4.69) is 105 Å². The zero-order chi connectivity index (χ0) is 21.2. The minimum Gasteiger partial charge on any atom is -0.421 e. The first-order valence-corrected chi connectivity index (χ1v) is 13.4. The predicted molar refractivity (Wildman–Crippen MR) is 140 cm³/mol. The minimum absolute atomic E-state index is 0.446. The normalized spacial score (nSPS) is 10.9. The summed E-state index contributed by atoms with van der Waals surface area (Å²) in [5.74, 6) is 0. The molecule has 0 aliphatic rings. The molecule has 0 aromatic rings. The third kappa shape index (κ3) is 16.2. The van der Waals surface area contributed by atoms with E-state index in [1.165, 1.54) is 82.9 Å². The summed E-state index contributed by atoms with van der Waals surface area (Å²) >= 11 is 18.3. The zero-order valence-corrected chi connectivity index (χ0v) is 22.9. The van der Waals surface area contributed by atoms with Gasteiger partial charge in [-0.1, -0.05) is 28.6 Å². The topological polar surface area (TPSA) is 0 Å². The van der Waals surface area contributed by atoms with E-state index in [0.29, 0.717) is 7.06 Å². The van der Waals surface area contributed by atoms with Gasteiger partial charge in [0.25, 0.3) is 0 Å². The van der Waals surface area contributed by atoms with Crippen molar-refractivity contribution >= 4 is 78.3 Å². The summed E-state index contributed by atoms with van der Waals surface area (Å²) in [6, 6.07) is 0. The smallest absolute Gasteiger partial charge is 0.0757 e. The van der Waals surface area contributed by atoms with Crippen LogP contribution in [0.3, 0.4) is 0 Å². The highest BCUT2D eigenvalue weighted by Crippen LogP contribution is 2.23. The van der Waals surface area contributed by atoms with E-state index in [1.54, 1.807) is 0 Å². The molecule has 0 aromatic carbocycles. The molecule has 158 valence electrons. The largest absolute Gasteiger partial charge is 0.421 e. The summed E-state index contributed by atoms with van der Waals surface area (Å²) in [5.41, 5.74) is 0. The van der Waals surface area contributed by atoms with E-state index in [-0.39, 0.29) is 0 Å². The fourth-order valence-electron chi connectivity index (χ4n) is 2.75. The predicted octanol–water partition coefficient (Wildman–Crippen LogP) is 5.80. The molecule has 0 aliphatic carbocycles. The van der Waals surface area contributed by atoms with Crippen LogP contribution in [0.15, 0.2) is 0 Å². The number of thiocarbonyl (C=S) groups is 2. The van der Waals surface area contributed by atoms with E-state index >= 15 is 0 Å². The van der Waals surface area contributed by atoms with Crippen LogP contribution in [-0.2, 0) is 25.3 Å². The minimum atomic E-state index is 0.446. The molecule has 8 heteroatoms. The van der Waals surface area contributed by atoms with E-state index in [4.69, 9.17) is 0 Å². The van der Waals surface area contributed by atoms with Crippen LogP contribution >= 0.6 is 46.0 Å². The number of hydrogen-bond acceptors (Lipinski definition) is 6. The molecule has 26 heavy (non-hydrogen) atoms. The Kier molecular flexibility index (Phi) is 24.0. The Hall–Kier alpha value is 1.24. The summed E-state index contributed by atoms with van der Waals surface area (Å²) in [5, 5.41) is 0. The van der Waals surface area contributed by atoms with Crippen LogP contribution in [0.5, 0.6) is 0 Å². The van der Waals surface area contributed by atoms with E-state index in [9.17, 15) is 0 Å². The van der Waals surface area contributed by atoms with Crippen molar-refractivity contribution in [3.8, 4) is 0 Å². The van der Waals surface area contributed by atoms with Gasteiger partial charge in [0, 0.05) is 0 Å². The Morgan fingerprint density at radius 2 is 0.692 bits per heavy atom. The van der Waals surface area contributed by atoms with Crippen molar-refractivity contribution < 1.29 is 8.97 Å². The maximum Gasteiger partial charge on any atom is 0.0757 e. The van der Waals surface area contributed by atoms with Gasteiger partial charge in [-0.25, -0.2) is 0 Å². The summed E-state index contributed by atoms with van der Waals surface area (Å²) in [6.07, 6.45) is 0. The van der Waals surface area contributed by atoms with Gasteiger partial charge < -0.3 is 58.7 Å². The molecule has 0 N–H and O–H groups in total. The quantitative estimate of drug-likeness (QED) is 0.187. The first kappa shape index (κ1) is 31.9. The molecular weight excluding hydrogens is 437 g/mol. The lowest BCUT2D eigenvalue weighted by Gasteiger charge is -2.34. The fraction of sp³-hybridized carbons (Fsp3) is 0.889. The lowest BCUT2D eigenvalue weighted by Crippen LogP contribution is -2.47. The third-order valence-corrected chi connectivity index (χ3v) is 9.42. The molecule has 0 unspecified atom stereocenters. The SMILES string of the molecule is CC[N+](CC)(CC)CC.CC[N+](CC)(CC)CC.S=C([S-])SSC(=S)[S-]. The van der Waals surface area contributed by atoms with Gasteiger partial charge in [0.05, 0.1) is 52.4 Å². The lowest BCUT2D eigenvalue weighted by atomic mass is 10.3. The second-order valence-electron chi connectivity index (χ2n) is 5.88. The van der Waals surface area contributed by atoms with Crippen molar-refractivity contribution in [3.05, 3.63) is 0 Å². The highest BCUT2D eigenvalue weighted by molar-refractivity contribution is 8.94. The van der Waals surface area contributed by atoms with Gasteiger partial charge in [-0.15, -0.1) is 0 Å². The molecule has 0 amide bonds. The molecule has 0 aliphatic heterocycles. The highest BCUT2D eigenvalue weighted by atomic mass is 33.1. The zero-order valence-electron chi connectivity index (χ0n) is 18.0. The van der Waals surface area contributed by atoms with Crippen LogP contribution in [0, 0.1) is 0 Å². The van der Waals surface area contributed by atoms with Gasteiger partial charge in [0.15, 0.2) is 0 Å². The summed E-state index contributed by atoms with van der Waals surface area (Å²) in [7, 11) is 2.51. The molecule has 0 spiro atoms. The Bertz CT molecular complexity index is 287. The van der Waals surface area contributed by atoms with Gasteiger partial charge in [-0.05, 0) is 55.4 Å². The van der Waals surface area contributed by atoms with Gasteiger partial charge in [-0.2, -0.15) is 0 Å². The number of quaternary nitrogens is 2. The van der Waals surface area contributed by atoms with E-state index < -0.39 is 0 Å². The Morgan fingerprint density at radius 1 is 0.538 bits per heavy atom. The fourth-order valence-corrected chi connectivity index (χ4v) is 4.52. The van der Waals surface area contributed by atoms with Crippen molar-refractivity contribution in [1.29, 1.82) is 0 Å². The summed E-state index contributed by atoms with van der Waals surface area (Å²) in [4.78, 5) is 0. The average Bonchev–Trinajstić information content (AvgIpc) is 2.66. The second kappa shape index (κ2) is 19.6. The molecule has 0 radical (unpaired) electrons. The average molecular weight is 477 g/mol. The summed E-state index contributed by atoms with van der Waals surface area (Å²) in [6.45, 7) is 28.4. The third-order valence-electron chi connectivity index (χ3n) is 5.54. The molecular formula is C18H40N2S6. The number of nitrogens with zero attached hydrogens (tertiary/aromatic N) is 2. The standard InChI is InChI=1S/2C8H20N.C2H2S6/c2*1-5-9(6-2,7-3)8-4;3-1(4)7-8-2(5)6/h2*5-8H2,1-4H3;(H,3,4)(H,5,6)/q2*+1;/p-2.